The van der Waals surface area contributed by atoms with E-state index in [0.29, 0.717) is 43.3 Å². The summed E-state index contributed by atoms with van der Waals surface area (Å²) in [5.74, 6) is 2.33. The van der Waals surface area contributed by atoms with E-state index in [4.69, 9.17) is 32.7 Å². The van der Waals surface area contributed by atoms with Gasteiger partial charge >= 0.3 is 0 Å². The molecule has 0 aromatic rings. The highest BCUT2D eigenvalue weighted by Gasteiger charge is 2.36. The summed E-state index contributed by atoms with van der Waals surface area (Å²) in [6.45, 7) is 17.8. The molecular weight excluding hydrogens is 585 g/mol. The van der Waals surface area contributed by atoms with Crippen LogP contribution in [0.25, 0.3) is 0 Å². The van der Waals surface area contributed by atoms with Crippen LogP contribution in [0.15, 0.2) is 46.8 Å². The lowest BCUT2D eigenvalue weighted by Crippen LogP contribution is -2.41. The van der Waals surface area contributed by atoms with E-state index >= 15 is 0 Å². The van der Waals surface area contributed by atoms with Gasteiger partial charge < -0.3 is 24.6 Å². The molecule has 43 heavy (non-hydrogen) atoms. The predicted octanol–water partition coefficient (Wildman–Crippen LogP) is 7.52. The van der Waals surface area contributed by atoms with Crippen molar-refractivity contribution in [2.75, 3.05) is 26.7 Å². The minimum absolute atomic E-state index is 0.0537. The number of allylic oxidation sites excluding steroid dienone is 4. The lowest BCUT2D eigenvalue weighted by Gasteiger charge is -2.39. The topological polar surface area (TPSA) is 71.1 Å². The third-order valence-corrected chi connectivity index (χ3v) is 7.81. The Morgan fingerprint density at radius 1 is 1.16 bits per heavy atom. The molecule has 0 aliphatic carbocycles. The number of rotatable bonds is 9. The number of carbonyl (C=O) groups is 2. The number of hydrogen-bond donors (Lipinski definition) is 1. The zero-order valence-electron chi connectivity index (χ0n) is 27.8. The van der Waals surface area contributed by atoms with Crippen LogP contribution in [0.2, 0.25) is 0 Å². The SMILES string of the molecule is C#C.C/C=C\C(OC)=C1/CN(C2CCC3CCC(C2)N3)C(C)=C(/C=C(\C)C(=O)N(CC)CC)O1.CC.CC(Cl)CC(=O)Cl. The number of nitrogens with one attached hydrogen (secondary N) is 1. The van der Waals surface area contributed by atoms with E-state index in [1.54, 1.807) is 14.0 Å². The summed E-state index contributed by atoms with van der Waals surface area (Å²) in [5, 5.41) is 3.29. The van der Waals surface area contributed by atoms with Crippen LogP contribution in [0.3, 0.4) is 0 Å². The Morgan fingerprint density at radius 2 is 1.74 bits per heavy atom. The Balaban J connectivity index is 0.00000139. The van der Waals surface area contributed by atoms with Gasteiger partial charge in [0.25, 0.3) is 0 Å². The Labute approximate surface area is 271 Å². The lowest BCUT2D eigenvalue weighted by molar-refractivity contribution is -0.126. The van der Waals surface area contributed by atoms with Gasteiger partial charge in [0.15, 0.2) is 11.5 Å². The summed E-state index contributed by atoms with van der Waals surface area (Å²) < 4.78 is 12.0. The van der Waals surface area contributed by atoms with Crippen molar-refractivity contribution >= 4 is 34.4 Å². The van der Waals surface area contributed by atoms with E-state index < -0.39 is 0 Å². The van der Waals surface area contributed by atoms with Gasteiger partial charge in [-0.1, -0.05) is 19.9 Å². The zero-order valence-corrected chi connectivity index (χ0v) is 29.4. The van der Waals surface area contributed by atoms with Crippen molar-refractivity contribution in [1.29, 1.82) is 0 Å². The highest BCUT2D eigenvalue weighted by molar-refractivity contribution is 6.63. The Hall–Kier alpha value is -2.40. The normalized spacial score (nSPS) is 23.2. The minimum atomic E-state index is -0.373. The molecule has 1 amide bonds. The van der Waals surface area contributed by atoms with Crippen molar-refractivity contribution in [3.63, 3.8) is 0 Å². The first kappa shape index (κ1) is 40.6. The Kier molecular flexibility index (Phi) is 20.9. The number of nitrogens with zero attached hydrogens (tertiary/aromatic N) is 2. The average molecular weight is 641 g/mol. The molecule has 3 aliphatic heterocycles. The number of fused-ring (bicyclic) bond motifs is 2. The number of alkyl halides is 1. The first-order chi connectivity index (χ1) is 20.5. The van der Waals surface area contributed by atoms with Crippen LogP contribution in [-0.2, 0) is 19.1 Å². The minimum Gasteiger partial charge on any atom is -0.493 e. The highest BCUT2D eigenvalue weighted by atomic mass is 35.5. The van der Waals surface area contributed by atoms with Gasteiger partial charge in [0.2, 0.25) is 11.1 Å². The molecule has 9 heteroatoms. The molecule has 2 saturated heterocycles. The van der Waals surface area contributed by atoms with Gasteiger partial charge in [-0.15, -0.1) is 24.4 Å². The van der Waals surface area contributed by atoms with Crippen LogP contribution < -0.4 is 5.32 Å². The largest absolute Gasteiger partial charge is 0.493 e. The molecule has 0 aromatic carbocycles. The summed E-state index contributed by atoms with van der Waals surface area (Å²) in [5.41, 5.74) is 1.79. The third kappa shape index (κ3) is 13.4. The monoisotopic (exact) mass is 639 g/mol. The van der Waals surface area contributed by atoms with Crippen LogP contribution in [0.1, 0.15) is 93.9 Å². The first-order valence-electron chi connectivity index (χ1n) is 15.5. The maximum absolute atomic E-state index is 12.9. The predicted molar refractivity (Wildman–Crippen MR) is 181 cm³/mol. The maximum Gasteiger partial charge on any atom is 0.249 e. The molecule has 0 radical (unpaired) electrons. The number of carbonyl (C=O) groups excluding carboxylic acids is 2. The fourth-order valence-corrected chi connectivity index (χ4v) is 5.87. The van der Waals surface area contributed by atoms with Gasteiger partial charge in [0, 0.05) is 48.6 Å². The van der Waals surface area contributed by atoms with Gasteiger partial charge in [-0.25, -0.2) is 0 Å². The van der Waals surface area contributed by atoms with Gasteiger partial charge in [-0.2, -0.15) is 0 Å². The van der Waals surface area contributed by atoms with Crippen LogP contribution >= 0.6 is 23.2 Å². The smallest absolute Gasteiger partial charge is 0.249 e. The van der Waals surface area contributed by atoms with Crippen molar-refractivity contribution in [3.05, 3.63) is 46.8 Å². The van der Waals surface area contributed by atoms with Crippen molar-refractivity contribution in [1.82, 2.24) is 15.1 Å². The summed E-state index contributed by atoms with van der Waals surface area (Å²) >= 11 is 10.3. The lowest BCUT2D eigenvalue weighted by atomic mass is 9.94. The molecule has 2 fully saturated rings. The van der Waals surface area contributed by atoms with Crippen molar-refractivity contribution in [2.45, 2.75) is 117 Å². The molecule has 244 valence electrons. The summed E-state index contributed by atoms with van der Waals surface area (Å²) in [6, 6.07) is 1.71. The second-order valence-electron chi connectivity index (χ2n) is 10.4. The molecule has 0 aromatic heterocycles. The standard InChI is InChI=1S/C26H41N3O3.C4H6Cl2O.C2H6.C2H2/c1-7-10-23(31-6)25-17-29(22-14-13-20-11-12-21(16-22)27-20)19(5)24(32-25)15-18(4)26(30)28(8-2)9-3;1-3(5)2-4(6)7;2*1-2/h7,10,15,20-22,27H,8-9,11-14,16-17H2,1-6H3;3H,2H2,1H3;1-2H3;1-2H/b10-7-,18-15+,25-23-;;;. The van der Waals surface area contributed by atoms with Gasteiger partial charge in [-0.3, -0.25) is 9.59 Å². The second kappa shape index (κ2) is 22.2. The first-order valence-corrected chi connectivity index (χ1v) is 16.3. The number of ether oxygens (including phenoxy) is 2. The number of halogens is 2. The van der Waals surface area contributed by atoms with E-state index in [0.717, 1.165) is 29.4 Å². The molecule has 0 spiro atoms. The van der Waals surface area contributed by atoms with Crippen LogP contribution in [0, 0.1) is 12.8 Å². The number of amides is 1. The van der Waals surface area contributed by atoms with Gasteiger partial charge in [0.05, 0.1) is 19.4 Å². The average Bonchev–Trinajstić information content (AvgIpc) is 3.33. The van der Waals surface area contributed by atoms with E-state index in [9.17, 15) is 9.59 Å². The quantitative estimate of drug-likeness (QED) is 0.0925. The van der Waals surface area contributed by atoms with Crippen molar-refractivity contribution in [3.8, 4) is 12.8 Å². The van der Waals surface area contributed by atoms with Gasteiger partial charge in [-0.05, 0) is 97.4 Å². The second-order valence-corrected chi connectivity index (χ2v) is 11.6. The van der Waals surface area contributed by atoms with Crippen LogP contribution in [0.5, 0.6) is 0 Å². The third-order valence-electron chi connectivity index (χ3n) is 7.51. The molecule has 0 saturated carbocycles. The van der Waals surface area contributed by atoms with E-state index in [1.165, 1.54) is 25.7 Å². The number of hydrogen-bond acceptors (Lipinski definition) is 6. The Morgan fingerprint density at radius 3 is 2.23 bits per heavy atom. The fourth-order valence-electron chi connectivity index (χ4n) is 5.42. The van der Waals surface area contributed by atoms with Crippen molar-refractivity contribution < 1.29 is 19.1 Å². The molecule has 1 N–H and O–H groups in total. The van der Waals surface area contributed by atoms with Crippen LogP contribution in [0.4, 0.5) is 0 Å². The molecule has 7 nitrogen and oxygen atoms in total. The summed E-state index contributed by atoms with van der Waals surface area (Å²) in [4.78, 5) is 27.1. The molecule has 4 atom stereocenters. The summed E-state index contributed by atoms with van der Waals surface area (Å²) in [7, 11) is 1.68. The maximum atomic E-state index is 12.9. The summed E-state index contributed by atoms with van der Waals surface area (Å²) in [6.07, 6.45) is 20.2. The van der Waals surface area contributed by atoms with E-state index in [-0.39, 0.29) is 22.9 Å². The molecule has 2 bridgehead atoms. The fraction of sp³-hybridized carbons (Fsp3) is 0.647. The highest BCUT2D eigenvalue weighted by Crippen LogP contribution is 2.35. The van der Waals surface area contributed by atoms with E-state index in [1.807, 2.05) is 64.7 Å². The number of methoxy groups -OCH3 is 1. The molecule has 3 rings (SSSR count). The van der Waals surface area contributed by atoms with Crippen LogP contribution in [-0.4, -0.2) is 71.2 Å². The molecule has 4 unspecified atom stereocenters. The molecule has 3 aliphatic rings. The molecule has 3 heterocycles. The van der Waals surface area contributed by atoms with Gasteiger partial charge in [0.1, 0.15) is 5.76 Å². The van der Waals surface area contributed by atoms with Crippen molar-refractivity contribution in [2.24, 2.45) is 0 Å². The number of likely N-dealkylation sites (N-methyl/N-ethyl adjacent to an activating group) is 1. The molecular formula is C34H55Cl2N3O4. The zero-order chi connectivity index (χ0) is 33.1. The number of terminal acetylenes is 1. The van der Waals surface area contributed by atoms with E-state index in [2.05, 4.69) is 30.0 Å². The Bertz CT molecular complexity index is 1010.